The van der Waals surface area contributed by atoms with E-state index in [1.54, 1.807) is 0 Å². The van der Waals surface area contributed by atoms with E-state index in [1.165, 1.54) is 14.7 Å². The van der Waals surface area contributed by atoms with E-state index in [0.717, 1.165) is 0 Å². The van der Waals surface area contributed by atoms with Crippen molar-refractivity contribution in [1.82, 2.24) is 0 Å². The van der Waals surface area contributed by atoms with Crippen LogP contribution in [0.2, 0.25) is 10.1 Å². The fourth-order valence-corrected chi connectivity index (χ4v) is 4.88. The molecule has 0 fully saturated rings. The van der Waals surface area contributed by atoms with Gasteiger partial charge in [-0.25, -0.2) is 0 Å². The van der Waals surface area contributed by atoms with E-state index in [9.17, 15) is 0 Å². The second kappa shape index (κ2) is 8.13. The zero-order valence-corrected chi connectivity index (χ0v) is 22.8. The minimum Gasteiger partial charge on any atom is -0.415 e. The fourth-order valence-electron chi connectivity index (χ4n) is 2.49. The SMILES string of the molecule is CC(C)(C)[SiH2]OC(C)(C)c1ccc(I)cc1C(C)(C)O[SiH2]C(C)(C)C. The van der Waals surface area contributed by atoms with Gasteiger partial charge in [0.25, 0.3) is 0 Å². The van der Waals surface area contributed by atoms with Crippen molar-refractivity contribution in [3.05, 3.63) is 32.9 Å². The molecule has 144 valence electrons. The molecular formula is C20H37IO2Si2. The number of benzene rings is 1. The molecule has 0 unspecified atom stereocenters. The van der Waals surface area contributed by atoms with Gasteiger partial charge in [0.2, 0.25) is 0 Å². The van der Waals surface area contributed by atoms with E-state index in [1.807, 2.05) is 0 Å². The number of halogens is 1. The summed E-state index contributed by atoms with van der Waals surface area (Å²) in [6.45, 7) is 22.4. The van der Waals surface area contributed by atoms with Gasteiger partial charge in [-0.15, -0.1) is 0 Å². The molecule has 0 aliphatic carbocycles. The van der Waals surface area contributed by atoms with Crippen molar-refractivity contribution < 1.29 is 8.85 Å². The maximum atomic E-state index is 6.51. The van der Waals surface area contributed by atoms with Gasteiger partial charge < -0.3 is 8.85 Å². The average molecular weight is 493 g/mol. The molecule has 0 amide bonds. The smallest absolute Gasteiger partial charge is 0.168 e. The molecule has 0 bridgehead atoms. The van der Waals surface area contributed by atoms with Gasteiger partial charge in [0, 0.05) is 3.57 Å². The van der Waals surface area contributed by atoms with Crippen LogP contribution in [0.25, 0.3) is 0 Å². The third-order valence-corrected chi connectivity index (χ3v) is 8.15. The van der Waals surface area contributed by atoms with E-state index < -0.39 is 19.5 Å². The van der Waals surface area contributed by atoms with E-state index in [4.69, 9.17) is 8.85 Å². The zero-order valence-electron chi connectivity index (χ0n) is 17.8. The summed E-state index contributed by atoms with van der Waals surface area (Å²) in [5.74, 6) is 0. The van der Waals surface area contributed by atoms with Crippen molar-refractivity contribution in [2.24, 2.45) is 0 Å². The first-order valence-electron chi connectivity index (χ1n) is 9.12. The zero-order chi connectivity index (χ0) is 19.7. The summed E-state index contributed by atoms with van der Waals surface area (Å²) in [4.78, 5) is 0. The highest BCUT2D eigenvalue weighted by molar-refractivity contribution is 14.1. The molecule has 2 nitrogen and oxygen atoms in total. The van der Waals surface area contributed by atoms with Crippen LogP contribution in [0.5, 0.6) is 0 Å². The van der Waals surface area contributed by atoms with Crippen LogP contribution in [0.4, 0.5) is 0 Å². The predicted molar refractivity (Wildman–Crippen MR) is 124 cm³/mol. The van der Waals surface area contributed by atoms with Crippen molar-refractivity contribution in [3.63, 3.8) is 0 Å². The highest BCUT2D eigenvalue weighted by Gasteiger charge is 2.33. The first kappa shape index (κ1) is 23.3. The third kappa shape index (κ3) is 7.83. The second-order valence-corrected chi connectivity index (χ2v) is 17.1. The molecule has 0 radical (unpaired) electrons. The van der Waals surface area contributed by atoms with Crippen molar-refractivity contribution >= 4 is 42.1 Å². The Kier molecular flexibility index (Phi) is 7.59. The van der Waals surface area contributed by atoms with E-state index >= 15 is 0 Å². The first-order chi connectivity index (χ1) is 11.0. The first-order valence-corrected chi connectivity index (χ1v) is 12.8. The molecule has 0 aliphatic heterocycles. The Hall–Kier alpha value is 0.304. The number of rotatable bonds is 6. The van der Waals surface area contributed by atoms with Crippen LogP contribution < -0.4 is 0 Å². The van der Waals surface area contributed by atoms with Crippen LogP contribution in [-0.2, 0) is 20.1 Å². The monoisotopic (exact) mass is 492 g/mol. The van der Waals surface area contributed by atoms with Gasteiger partial charge >= 0.3 is 0 Å². The van der Waals surface area contributed by atoms with Crippen molar-refractivity contribution in [2.75, 3.05) is 0 Å². The Balaban J connectivity index is 3.21. The van der Waals surface area contributed by atoms with Crippen LogP contribution in [0, 0.1) is 3.57 Å². The molecule has 0 atom stereocenters. The van der Waals surface area contributed by atoms with Gasteiger partial charge in [-0.05, 0) is 83.6 Å². The molecule has 0 aromatic heterocycles. The van der Waals surface area contributed by atoms with Crippen LogP contribution in [0.15, 0.2) is 18.2 Å². The Labute approximate surface area is 173 Å². The molecule has 0 heterocycles. The Bertz CT molecular complexity index is 584. The van der Waals surface area contributed by atoms with Gasteiger partial charge in [-0.2, -0.15) is 0 Å². The summed E-state index contributed by atoms with van der Waals surface area (Å²) in [5, 5.41) is 0.566. The Morgan fingerprint density at radius 2 is 1.08 bits per heavy atom. The molecule has 1 rings (SSSR count). The predicted octanol–water partition coefficient (Wildman–Crippen LogP) is 5.40. The van der Waals surface area contributed by atoms with Crippen molar-refractivity contribution in [3.8, 4) is 0 Å². The molecule has 0 saturated heterocycles. The maximum Gasteiger partial charge on any atom is 0.168 e. The lowest BCUT2D eigenvalue weighted by atomic mass is 9.86. The van der Waals surface area contributed by atoms with Crippen LogP contribution in [0.1, 0.15) is 80.4 Å². The lowest BCUT2D eigenvalue weighted by Crippen LogP contribution is -2.34. The van der Waals surface area contributed by atoms with Crippen molar-refractivity contribution in [1.29, 1.82) is 0 Å². The van der Waals surface area contributed by atoms with Gasteiger partial charge in [0.1, 0.15) is 0 Å². The molecule has 0 aliphatic rings. The molecule has 0 spiro atoms. The highest BCUT2D eigenvalue weighted by atomic mass is 127. The van der Waals surface area contributed by atoms with Crippen LogP contribution in [0.3, 0.4) is 0 Å². The van der Waals surface area contributed by atoms with Gasteiger partial charge in [-0.1, -0.05) is 47.6 Å². The summed E-state index contributed by atoms with van der Waals surface area (Å²) in [6, 6.07) is 6.69. The largest absolute Gasteiger partial charge is 0.415 e. The molecule has 0 saturated carbocycles. The second-order valence-electron chi connectivity index (χ2n) is 10.4. The molecule has 25 heavy (non-hydrogen) atoms. The van der Waals surface area contributed by atoms with Crippen LogP contribution in [-0.4, -0.2) is 19.5 Å². The van der Waals surface area contributed by atoms with E-state index in [0.29, 0.717) is 0 Å². The minimum atomic E-state index is -0.639. The van der Waals surface area contributed by atoms with E-state index in [2.05, 4.69) is 110 Å². The lowest BCUT2D eigenvalue weighted by Gasteiger charge is -2.37. The molecule has 0 N–H and O–H groups in total. The van der Waals surface area contributed by atoms with Gasteiger partial charge in [0.15, 0.2) is 19.5 Å². The Morgan fingerprint density at radius 3 is 1.48 bits per heavy atom. The normalized spacial score (nSPS) is 15.0. The Morgan fingerprint density at radius 1 is 0.680 bits per heavy atom. The summed E-state index contributed by atoms with van der Waals surface area (Å²) < 4.78 is 14.2. The lowest BCUT2D eigenvalue weighted by molar-refractivity contribution is 0.0829. The number of hydrogen-bond acceptors (Lipinski definition) is 2. The topological polar surface area (TPSA) is 18.5 Å². The quantitative estimate of drug-likeness (QED) is 0.391. The average Bonchev–Trinajstić information content (AvgIpc) is 2.42. The third-order valence-electron chi connectivity index (χ3n) is 4.01. The summed E-state index contributed by atoms with van der Waals surface area (Å²) in [7, 11) is -1.27. The summed E-state index contributed by atoms with van der Waals surface area (Å²) in [5.41, 5.74) is 1.95. The maximum absolute atomic E-state index is 6.51. The summed E-state index contributed by atoms with van der Waals surface area (Å²) in [6.07, 6.45) is 0. The molecular weight excluding hydrogens is 455 g/mol. The molecule has 1 aromatic rings. The molecule has 1 aromatic carbocycles. The highest BCUT2D eigenvalue weighted by Crippen LogP contribution is 2.38. The van der Waals surface area contributed by atoms with Gasteiger partial charge in [-0.3, -0.25) is 0 Å². The fraction of sp³-hybridized carbons (Fsp3) is 0.700. The van der Waals surface area contributed by atoms with E-state index in [-0.39, 0.29) is 21.3 Å². The minimum absolute atomic E-state index is 0.282. The van der Waals surface area contributed by atoms with Crippen LogP contribution >= 0.6 is 22.6 Å². The molecule has 5 heteroatoms. The standard InChI is InChI=1S/C20H37IO2Si2/c1-17(2,3)24-22-19(7,8)15-12-11-14(21)13-16(15)20(9,10)23-25-18(4,5)6/h11-13H,24-25H2,1-10H3. The van der Waals surface area contributed by atoms with Gasteiger partial charge in [0.05, 0.1) is 11.2 Å². The number of hydrogen-bond donors (Lipinski definition) is 0. The summed E-state index contributed by atoms with van der Waals surface area (Å²) >= 11 is 2.39. The van der Waals surface area contributed by atoms with Crippen molar-refractivity contribution in [2.45, 2.75) is 90.5 Å².